The Bertz CT molecular complexity index is 949. The Hall–Kier alpha value is -3.25. The molecule has 5 nitrogen and oxygen atoms in total. The molecule has 0 heterocycles. The van der Waals surface area contributed by atoms with E-state index >= 15 is 0 Å². The molecular formula is C24H26FNO4. The molecular weight excluding hydrogens is 385 g/mol. The van der Waals surface area contributed by atoms with E-state index in [2.05, 4.69) is 49.8 Å². The third kappa shape index (κ3) is 6.39. The van der Waals surface area contributed by atoms with Crippen LogP contribution in [0.2, 0.25) is 0 Å². The van der Waals surface area contributed by atoms with E-state index in [4.69, 9.17) is 10.2 Å². The molecule has 158 valence electrons. The highest BCUT2D eigenvalue weighted by Crippen LogP contribution is 2.39. The maximum atomic E-state index is 13.7. The monoisotopic (exact) mass is 411 g/mol. The van der Waals surface area contributed by atoms with E-state index in [1.165, 1.54) is 17.2 Å². The standard InChI is InChI=1S/C20H22FN.C4H4O4/c1-14-18-9-8-17(21)13-16(18)12-15(10-11-22(2)3)20-7-5-4-6-19(14)20;5-3(6)1-2-4(7)8/h4-9,13,15H,1,10-12H2,2-3H3;1-2H,(H,5,6)(H,7,8)/b;2-1-. The summed E-state index contributed by atoms with van der Waals surface area (Å²) in [5.74, 6) is -2.28. The summed E-state index contributed by atoms with van der Waals surface area (Å²) in [7, 11) is 4.18. The molecule has 0 aromatic heterocycles. The molecule has 0 bridgehead atoms. The molecule has 0 amide bonds. The molecule has 0 spiro atoms. The van der Waals surface area contributed by atoms with Crippen LogP contribution in [0, 0.1) is 5.82 Å². The molecule has 0 saturated heterocycles. The number of nitrogens with zero attached hydrogens (tertiary/aromatic N) is 1. The van der Waals surface area contributed by atoms with Crippen LogP contribution < -0.4 is 0 Å². The number of carbonyl (C=O) groups is 2. The van der Waals surface area contributed by atoms with Crippen LogP contribution in [0.3, 0.4) is 0 Å². The molecule has 1 atom stereocenters. The Morgan fingerprint density at radius 2 is 1.73 bits per heavy atom. The second-order valence-electron chi connectivity index (χ2n) is 7.37. The van der Waals surface area contributed by atoms with Gasteiger partial charge in [0.25, 0.3) is 0 Å². The van der Waals surface area contributed by atoms with Gasteiger partial charge in [-0.15, -0.1) is 0 Å². The van der Waals surface area contributed by atoms with E-state index < -0.39 is 11.9 Å². The maximum Gasteiger partial charge on any atom is 0.328 e. The van der Waals surface area contributed by atoms with E-state index in [0.717, 1.165) is 36.1 Å². The number of aliphatic carboxylic acids is 2. The van der Waals surface area contributed by atoms with Gasteiger partial charge in [-0.1, -0.05) is 36.9 Å². The topological polar surface area (TPSA) is 77.8 Å². The molecule has 1 aliphatic carbocycles. The van der Waals surface area contributed by atoms with Crippen molar-refractivity contribution in [2.45, 2.75) is 18.8 Å². The molecule has 2 N–H and O–H groups in total. The van der Waals surface area contributed by atoms with Crippen LogP contribution in [0.5, 0.6) is 0 Å². The number of hydrogen-bond donors (Lipinski definition) is 2. The molecule has 30 heavy (non-hydrogen) atoms. The van der Waals surface area contributed by atoms with Gasteiger partial charge in [0.2, 0.25) is 0 Å². The normalized spacial score (nSPS) is 15.1. The third-order valence-electron chi connectivity index (χ3n) is 4.88. The highest BCUT2D eigenvalue weighted by atomic mass is 19.1. The molecule has 1 unspecified atom stereocenters. The van der Waals surface area contributed by atoms with Crippen molar-refractivity contribution in [2.24, 2.45) is 0 Å². The fourth-order valence-corrected chi connectivity index (χ4v) is 3.49. The van der Waals surface area contributed by atoms with Crippen LogP contribution in [-0.4, -0.2) is 47.7 Å². The fraction of sp³-hybridized carbons (Fsp3) is 0.250. The smallest absolute Gasteiger partial charge is 0.328 e. The van der Waals surface area contributed by atoms with Gasteiger partial charge in [-0.05, 0) is 79.4 Å². The van der Waals surface area contributed by atoms with Crippen molar-refractivity contribution in [1.82, 2.24) is 4.90 Å². The average molecular weight is 411 g/mol. The Labute approximate surface area is 175 Å². The first-order valence-electron chi connectivity index (χ1n) is 9.54. The average Bonchev–Trinajstić information content (AvgIpc) is 2.80. The fourth-order valence-electron chi connectivity index (χ4n) is 3.49. The largest absolute Gasteiger partial charge is 0.478 e. The van der Waals surface area contributed by atoms with Crippen LogP contribution in [0.15, 0.2) is 61.2 Å². The lowest BCUT2D eigenvalue weighted by Gasteiger charge is -2.20. The molecule has 0 saturated carbocycles. The lowest BCUT2D eigenvalue weighted by Crippen LogP contribution is -2.17. The summed E-state index contributed by atoms with van der Waals surface area (Å²) < 4.78 is 13.7. The molecule has 2 aromatic rings. The first-order valence-corrected chi connectivity index (χ1v) is 9.54. The van der Waals surface area contributed by atoms with Gasteiger partial charge in [0, 0.05) is 12.2 Å². The Balaban J connectivity index is 0.000000343. The third-order valence-corrected chi connectivity index (χ3v) is 4.88. The first kappa shape index (κ1) is 23.0. The highest BCUT2D eigenvalue weighted by Gasteiger charge is 2.24. The minimum absolute atomic E-state index is 0.163. The summed E-state index contributed by atoms with van der Waals surface area (Å²) in [5.41, 5.74) is 5.71. The second-order valence-corrected chi connectivity index (χ2v) is 7.37. The SMILES string of the molecule is C=C1c2ccc(F)cc2CC(CCN(C)C)c2ccccc21.O=C(O)/C=C\C(=O)O. The van der Waals surface area contributed by atoms with E-state index in [1.54, 1.807) is 6.07 Å². The van der Waals surface area contributed by atoms with Crippen molar-refractivity contribution in [3.63, 3.8) is 0 Å². The predicted octanol–water partition coefficient (Wildman–Crippen LogP) is 4.19. The molecule has 0 aliphatic heterocycles. The van der Waals surface area contributed by atoms with Gasteiger partial charge in [-0.25, -0.2) is 14.0 Å². The lowest BCUT2D eigenvalue weighted by atomic mass is 9.88. The molecule has 3 rings (SSSR count). The number of rotatable bonds is 5. The number of benzene rings is 2. The van der Waals surface area contributed by atoms with Crippen molar-refractivity contribution in [3.05, 3.63) is 89.3 Å². The zero-order valence-electron chi connectivity index (χ0n) is 17.1. The summed E-state index contributed by atoms with van der Waals surface area (Å²) in [4.78, 5) is 21.3. The van der Waals surface area contributed by atoms with Crippen LogP contribution >= 0.6 is 0 Å². The van der Waals surface area contributed by atoms with Gasteiger partial charge in [-0.3, -0.25) is 0 Å². The van der Waals surface area contributed by atoms with Gasteiger partial charge in [0.05, 0.1) is 0 Å². The Morgan fingerprint density at radius 1 is 1.10 bits per heavy atom. The van der Waals surface area contributed by atoms with Gasteiger partial charge in [0.15, 0.2) is 0 Å². The van der Waals surface area contributed by atoms with E-state index in [9.17, 15) is 14.0 Å². The molecule has 0 fully saturated rings. The molecule has 2 aromatic carbocycles. The second kappa shape index (κ2) is 10.5. The zero-order valence-corrected chi connectivity index (χ0v) is 17.1. The molecule has 0 radical (unpaired) electrons. The van der Waals surface area contributed by atoms with E-state index in [1.807, 2.05) is 6.07 Å². The highest BCUT2D eigenvalue weighted by molar-refractivity contribution is 5.89. The quantitative estimate of drug-likeness (QED) is 0.722. The van der Waals surface area contributed by atoms with Crippen molar-refractivity contribution < 1.29 is 24.2 Å². The van der Waals surface area contributed by atoms with Crippen LogP contribution in [0.1, 0.15) is 34.6 Å². The van der Waals surface area contributed by atoms with Gasteiger partial charge in [0.1, 0.15) is 5.82 Å². The first-order chi connectivity index (χ1) is 14.2. The van der Waals surface area contributed by atoms with E-state index in [-0.39, 0.29) is 5.82 Å². The van der Waals surface area contributed by atoms with Crippen molar-refractivity contribution in [3.8, 4) is 0 Å². The molecule has 1 aliphatic rings. The van der Waals surface area contributed by atoms with Crippen molar-refractivity contribution in [2.75, 3.05) is 20.6 Å². The Morgan fingerprint density at radius 3 is 2.33 bits per heavy atom. The number of fused-ring (bicyclic) bond motifs is 2. The minimum Gasteiger partial charge on any atom is -0.478 e. The lowest BCUT2D eigenvalue weighted by molar-refractivity contribution is -0.134. The number of halogens is 1. The molecule has 6 heteroatoms. The Kier molecular flexibility index (Phi) is 8.07. The van der Waals surface area contributed by atoms with Crippen LogP contribution in [-0.2, 0) is 16.0 Å². The predicted molar refractivity (Wildman–Crippen MR) is 115 cm³/mol. The van der Waals surface area contributed by atoms with Crippen molar-refractivity contribution in [1.29, 1.82) is 0 Å². The summed E-state index contributed by atoms with van der Waals surface area (Å²) in [6.45, 7) is 5.31. The minimum atomic E-state index is -1.26. The summed E-state index contributed by atoms with van der Waals surface area (Å²) in [6, 6.07) is 13.6. The number of carboxylic acids is 2. The zero-order chi connectivity index (χ0) is 22.3. The maximum absolute atomic E-state index is 13.7. The van der Waals surface area contributed by atoms with Gasteiger partial charge >= 0.3 is 11.9 Å². The summed E-state index contributed by atoms with van der Waals surface area (Å²) in [6.07, 6.45) is 3.05. The van der Waals surface area contributed by atoms with Gasteiger partial charge < -0.3 is 15.1 Å². The van der Waals surface area contributed by atoms with Crippen LogP contribution in [0.25, 0.3) is 5.57 Å². The number of hydrogen-bond acceptors (Lipinski definition) is 3. The summed E-state index contributed by atoms with van der Waals surface area (Å²) >= 11 is 0. The number of carboxylic acid groups (broad SMARTS) is 2. The van der Waals surface area contributed by atoms with E-state index in [0.29, 0.717) is 18.1 Å². The van der Waals surface area contributed by atoms with Crippen LogP contribution in [0.4, 0.5) is 4.39 Å². The van der Waals surface area contributed by atoms with Crippen molar-refractivity contribution >= 4 is 17.5 Å². The van der Waals surface area contributed by atoms with Gasteiger partial charge in [-0.2, -0.15) is 0 Å². The summed E-state index contributed by atoms with van der Waals surface area (Å²) in [5, 5.41) is 15.6.